The Kier molecular flexibility index (Phi) is 5.74. The molecule has 3 N–H and O–H groups in total. The van der Waals surface area contributed by atoms with Crippen LogP contribution in [0.25, 0.3) is 21.7 Å². The van der Waals surface area contributed by atoms with Gasteiger partial charge < -0.3 is 24.2 Å². The number of hydrogen-bond donors (Lipinski definition) is 3. The quantitative estimate of drug-likeness (QED) is 0.369. The van der Waals surface area contributed by atoms with Crippen molar-refractivity contribution in [3.8, 4) is 0 Å². The minimum Gasteiger partial charge on any atom is -0.593 e. The van der Waals surface area contributed by atoms with E-state index in [0.29, 0.717) is 22.2 Å². The number of fused-ring (bicyclic) bond motifs is 4. The van der Waals surface area contributed by atoms with Crippen molar-refractivity contribution in [1.29, 1.82) is 0 Å². The first kappa shape index (κ1) is 23.3. The molecule has 3 heterocycles. The van der Waals surface area contributed by atoms with E-state index in [1.165, 1.54) is 36.4 Å². The van der Waals surface area contributed by atoms with Crippen molar-refractivity contribution in [2.24, 2.45) is 0 Å². The number of benzene rings is 2. The number of anilines is 1. The Morgan fingerprint density at radius 3 is 2.54 bits per heavy atom. The van der Waals surface area contributed by atoms with Crippen LogP contribution in [0.5, 0.6) is 0 Å². The molecule has 2 atom stereocenters. The van der Waals surface area contributed by atoms with Crippen LogP contribution < -0.4 is 10.3 Å². The summed E-state index contributed by atoms with van der Waals surface area (Å²) in [6.45, 7) is 0.0821. The Bertz CT molecular complexity index is 1550. The van der Waals surface area contributed by atoms with Gasteiger partial charge in [-0.2, -0.15) is 0 Å². The average Bonchev–Trinajstić information content (AvgIpc) is 3.23. The third-order valence-electron chi connectivity index (χ3n) is 6.01. The van der Waals surface area contributed by atoms with Gasteiger partial charge in [0.05, 0.1) is 47.2 Å². The van der Waals surface area contributed by atoms with Crippen LogP contribution in [0.15, 0.2) is 35.1 Å². The van der Waals surface area contributed by atoms with Crippen molar-refractivity contribution in [3.63, 3.8) is 0 Å². The molecule has 0 radical (unpaired) electrons. The predicted molar refractivity (Wildman–Crippen MR) is 125 cm³/mol. The number of likely N-dealkylation sites (N-methyl/N-ethyl adjacent to an activating group) is 1. The normalized spacial score (nSPS) is 16.3. The van der Waals surface area contributed by atoms with Gasteiger partial charge in [-0.25, -0.2) is 17.9 Å². The van der Waals surface area contributed by atoms with E-state index in [4.69, 9.17) is 4.74 Å². The lowest BCUT2D eigenvalue weighted by molar-refractivity contribution is 0.0333. The van der Waals surface area contributed by atoms with Crippen LogP contribution in [0.4, 0.5) is 18.9 Å². The zero-order valence-corrected chi connectivity index (χ0v) is 19.3. The highest BCUT2D eigenvalue weighted by atomic mass is 32.2. The molecule has 35 heavy (non-hydrogen) atoms. The van der Waals surface area contributed by atoms with Crippen molar-refractivity contribution in [1.82, 2.24) is 14.9 Å². The molecule has 2 unspecified atom stereocenters. The number of hydrogen-bond acceptors (Lipinski definition) is 5. The van der Waals surface area contributed by atoms with Gasteiger partial charge in [0.2, 0.25) is 0 Å². The molecule has 0 spiro atoms. The van der Waals surface area contributed by atoms with E-state index in [1.54, 1.807) is 0 Å². The van der Waals surface area contributed by atoms with Gasteiger partial charge in [-0.05, 0) is 29.7 Å². The summed E-state index contributed by atoms with van der Waals surface area (Å²) in [6.07, 6.45) is 1.40. The molecule has 0 fully saturated rings. The minimum absolute atomic E-state index is 0.0346. The van der Waals surface area contributed by atoms with E-state index < -0.39 is 46.3 Å². The third kappa shape index (κ3) is 4.03. The highest BCUT2D eigenvalue weighted by Gasteiger charge is 2.32. The number of nitrogens with zero attached hydrogens (tertiary/aromatic N) is 1. The lowest BCUT2D eigenvalue weighted by Crippen LogP contribution is -2.37. The van der Waals surface area contributed by atoms with Crippen molar-refractivity contribution in [3.05, 3.63) is 75.1 Å². The van der Waals surface area contributed by atoms with Gasteiger partial charge in [-0.3, -0.25) is 9.59 Å². The smallest absolute Gasteiger partial charge is 0.270 e. The molecule has 12 heteroatoms. The van der Waals surface area contributed by atoms with E-state index in [2.05, 4.69) is 14.7 Å². The van der Waals surface area contributed by atoms with E-state index in [9.17, 15) is 27.3 Å². The van der Waals surface area contributed by atoms with Gasteiger partial charge >= 0.3 is 0 Å². The van der Waals surface area contributed by atoms with Gasteiger partial charge in [0.25, 0.3) is 11.5 Å². The molecule has 1 aliphatic heterocycles. The first-order chi connectivity index (χ1) is 16.6. The summed E-state index contributed by atoms with van der Waals surface area (Å²) in [4.78, 5) is 32.7. The zero-order chi connectivity index (χ0) is 25.0. The summed E-state index contributed by atoms with van der Waals surface area (Å²) in [5.41, 5.74) is 0.915. The molecule has 0 saturated heterocycles. The second-order valence-corrected chi connectivity index (χ2v) is 9.37. The summed E-state index contributed by atoms with van der Waals surface area (Å²) in [5.74, 6) is -3.35. The molecule has 0 aliphatic carbocycles. The van der Waals surface area contributed by atoms with Gasteiger partial charge in [0.1, 0.15) is 17.8 Å². The molecule has 182 valence electrons. The largest absolute Gasteiger partial charge is 0.593 e. The maximum Gasteiger partial charge on any atom is 0.270 e. The van der Waals surface area contributed by atoms with Crippen LogP contribution >= 0.6 is 0 Å². The molecule has 1 aliphatic rings. The monoisotopic (exact) mass is 504 g/mol. The van der Waals surface area contributed by atoms with Crippen molar-refractivity contribution in [2.45, 2.75) is 12.6 Å². The summed E-state index contributed by atoms with van der Waals surface area (Å²) in [7, 11) is 1.51. The first-order valence-corrected chi connectivity index (χ1v) is 12.0. The Balaban J connectivity index is 1.58. The maximum absolute atomic E-state index is 14.1. The van der Waals surface area contributed by atoms with E-state index >= 15 is 0 Å². The van der Waals surface area contributed by atoms with Gasteiger partial charge in [-0.1, -0.05) is 0 Å². The molecule has 0 bridgehead atoms. The number of halogens is 3. The molecule has 2 aromatic heterocycles. The Morgan fingerprint density at radius 2 is 1.83 bits per heavy atom. The number of amides is 1. The molecular weight excluding hydrogens is 485 g/mol. The first-order valence-electron chi connectivity index (χ1n) is 10.4. The number of pyridine rings is 1. The standard InChI is InChI=1S/C23H19F3N4O4S/c1-30(23(32)18-7-13-16(27-18)3-10(24)4-17(13)29-35(2)33)20-9-34-8-19-21(20)11-5-14(25)15(26)6-12(11)22(31)28-19/h3-7,20,27,29H,8-9H2,1-2H3,(H,28,31). The highest BCUT2D eigenvalue weighted by Crippen LogP contribution is 2.35. The predicted octanol–water partition coefficient (Wildman–Crippen LogP) is 3.48. The van der Waals surface area contributed by atoms with Crippen LogP contribution in [0.1, 0.15) is 27.8 Å². The van der Waals surface area contributed by atoms with Gasteiger partial charge in [-0.15, -0.1) is 0 Å². The highest BCUT2D eigenvalue weighted by molar-refractivity contribution is 7.92. The fourth-order valence-electron chi connectivity index (χ4n) is 4.44. The van der Waals surface area contributed by atoms with E-state index in [0.717, 1.165) is 12.1 Å². The Labute approximate surface area is 199 Å². The number of carbonyl (C=O) groups is 1. The van der Waals surface area contributed by atoms with Gasteiger partial charge in [0, 0.05) is 29.8 Å². The minimum atomic E-state index is -1.47. The lowest BCUT2D eigenvalue weighted by Gasteiger charge is -2.33. The molecule has 2 aromatic carbocycles. The Morgan fingerprint density at radius 1 is 1.11 bits per heavy atom. The molecule has 8 nitrogen and oxygen atoms in total. The van der Waals surface area contributed by atoms with Crippen LogP contribution in [-0.2, 0) is 22.7 Å². The maximum atomic E-state index is 14.1. The zero-order valence-electron chi connectivity index (χ0n) is 18.5. The van der Waals surface area contributed by atoms with Crippen molar-refractivity contribution in [2.75, 3.05) is 24.6 Å². The molecule has 4 aromatic rings. The number of carbonyl (C=O) groups excluding carboxylic acids is 1. The fourth-order valence-corrected chi connectivity index (χ4v) is 4.91. The Hall–Kier alpha value is -3.48. The van der Waals surface area contributed by atoms with Crippen LogP contribution in [-0.4, -0.2) is 45.2 Å². The number of ether oxygens (including phenoxy) is 1. The number of aromatic nitrogens is 2. The van der Waals surface area contributed by atoms with Crippen molar-refractivity contribution < 1.29 is 27.3 Å². The summed E-state index contributed by atoms with van der Waals surface area (Å²) >= 11 is -1.47. The topological polar surface area (TPSA) is 113 Å². The van der Waals surface area contributed by atoms with Crippen LogP contribution in [0.3, 0.4) is 0 Å². The number of H-pyrrole nitrogens is 2. The second-order valence-electron chi connectivity index (χ2n) is 8.26. The molecular formula is C23H19F3N4O4S. The fraction of sp³-hybridized carbons (Fsp3) is 0.217. The molecule has 5 rings (SSSR count). The SMILES string of the molecule is CN(C(=O)c1cc2c(N[S+](C)[O-])cc(F)cc2[nH]1)C1COCc2[nH]c(=O)c3cc(F)c(F)cc3c21. The van der Waals surface area contributed by atoms with Gasteiger partial charge in [0.15, 0.2) is 11.6 Å². The third-order valence-corrected chi connectivity index (χ3v) is 6.52. The van der Waals surface area contributed by atoms with Crippen LogP contribution in [0, 0.1) is 17.5 Å². The van der Waals surface area contributed by atoms with E-state index in [1.807, 2.05) is 0 Å². The number of rotatable bonds is 4. The second kappa shape index (κ2) is 8.63. The molecule has 0 saturated carbocycles. The van der Waals surface area contributed by atoms with Crippen molar-refractivity contribution >= 4 is 44.6 Å². The van der Waals surface area contributed by atoms with E-state index in [-0.39, 0.29) is 35.4 Å². The number of nitrogens with one attached hydrogen (secondary N) is 3. The average molecular weight is 504 g/mol. The summed E-state index contributed by atoms with van der Waals surface area (Å²) in [5, 5.41) is 0.608. The van der Waals surface area contributed by atoms with Crippen LogP contribution in [0.2, 0.25) is 0 Å². The lowest BCUT2D eigenvalue weighted by atomic mass is 9.95. The summed E-state index contributed by atoms with van der Waals surface area (Å²) < 4.78 is 61.9. The number of aromatic amines is 2. The summed E-state index contributed by atoms with van der Waals surface area (Å²) in [6, 6.07) is 4.94. The molecule has 1 amide bonds.